The highest BCUT2D eigenvalue weighted by atomic mass is 16.2. The molecule has 2 nitrogen and oxygen atoms in total. The minimum absolute atomic E-state index is 0.204. The summed E-state index contributed by atoms with van der Waals surface area (Å²) in [5.41, 5.74) is 7.30. The van der Waals surface area contributed by atoms with Gasteiger partial charge in [-0.3, -0.25) is 4.79 Å². The monoisotopic (exact) mass is 383 g/mol. The average Bonchev–Trinajstić information content (AvgIpc) is 3.51. The molecule has 0 spiro atoms. The third-order valence-electron chi connectivity index (χ3n) is 7.13. The van der Waals surface area contributed by atoms with Gasteiger partial charge in [0.1, 0.15) is 0 Å². The third kappa shape index (κ3) is 3.25. The third-order valence-corrected chi connectivity index (χ3v) is 7.13. The van der Waals surface area contributed by atoms with Gasteiger partial charge in [-0.1, -0.05) is 66.2 Å². The normalized spacial score (nSPS) is 24.2. The van der Waals surface area contributed by atoms with Crippen LogP contribution in [0.3, 0.4) is 0 Å². The number of hydrogen-bond donors (Lipinski definition) is 0. The molecule has 1 amide bonds. The maximum absolute atomic E-state index is 13.9. The van der Waals surface area contributed by atoms with Gasteiger partial charge in [0.2, 0.25) is 0 Å². The first-order chi connectivity index (χ1) is 14.2. The Bertz CT molecular complexity index is 964. The van der Waals surface area contributed by atoms with E-state index in [1.807, 2.05) is 6.07 Å². The van der Waals surface area contributed by atoms with Crippen LogP contribution in [-0.2, 0) is 4.79 Å². The lowest BCUT2D eigenvalue weighted by atomic mass is 9.80. The van der Waals surface area contributed by atoms with Crippen LogP contribution in [0.2, 0.25) is 0 Å². The van der Waals surface area contributed by atoms with Crippen molar-refractivity contribution in [3.05, 3.63) is 82.9 Å². The Morgan fingerprint density at radius 2 is 1.41 bits per heavy atom. The van der Waals surface area contributed by atoms with E-state index in [0.29, 0.717) is 11.8 Å². The zero-order chi connectivity index (χ0) is 19.8. The van der Waals surface area contributed by atoms with Crippen molar-refractivity contribution in [1.29, 1.82) is 0 Å². The Kier molecular flexibility index (Phi) is 4.87. The van der Waals surface area contributed by atoms with Gasteiger partial charge in [-0.15, -0.1) is 0 Å². The molecule has 0 radical (unpaired) electrons. The topological polar surface area (TPSA) is 20.3 Å². The summed E-state index contributed by atoms with van der Waals surface area (Å²) in [5, 5.41) is 0. The molecule has 1 saturated carbocycles. The lowest BCUT2D eigenvalue weighted by Gasteiger charge is -2.26. The van der Waals surface area contributed by atoms with Gasteiger partial charge in [-0.2, -0.15) is 0 Å². The van der Waals surface area contributed by atoms with Crippen molar-refractivity contribution in [3.8, 4) is 0 Å². The van der Waals surface area contributed by atoms with Gasteiger partial charge in [0.05, 0.1) is 5.57 Å². The molecule has 3 aliphatic rings. The molecule has 5 rings (SSSR count). The van der Waals surface area contributed by atoms with E-state index in [9.17, 15) is 4.79 Å². The zero-order valence-corrected chi connectivity index (χ0v) is 17.2. The molecule has 2 fully saturated rings. The van der Waals surface area contributed by atoms with Crippen LogP contribution in [0.15, 0.2) is 71.8 Å². The molecule has 29 heavy (non-hydrogen) atoms. The number of hydrogen-bond acceptors (Lipinski definition) is 1. The molecule has 2 unspecified atom stereocenters. The van der Waals surface area contributed by atoms with Crippen LogP contribution in [-0.4, -0.2) is 23.9 Å². The number of carbonyl (C=O) groups excluding carboxylic acids is 1. The van der Waals surface area contributed by atoms with E-state index in [1.54, 1.807) is 0 Å². The van der Waals surface area contributed by atoms with E-state index in [4.69, 9.17) is 0 Å². The Balaban J connectivity index is 1.78. The molecule has 2 heteroatoms. The van der Waals surface area contributed by atoms with Gasteiger partial charge in [0, 0.05) is 13.1 Å². The largest absolute Gasteiger partial charge is 0.339 e. The molecule has 0 aromatic heterocycles. The number of benzene rings is 2. The van der Waals surface area contributed by atoms with Gasteiger partial charge in [0.25, 0.3) is 5.91 Å². The average molecular weight is 384 g/mol. The Morgan fingerprint density at radius 1 is 0.828 bits per heavy atom. The van der Waals surface area contributed by atoms with Gasteiger partial charge in [0.15, 0.2) is 0 Å². The molecule has 1 aliphatic heterocycles. The summed E-state index contributed by atoms with van der Waals surface area (Å²) >= 11 is 0. The predicted molar refractivity (Wildman–Crippen MR) is 119 cm³/mol. The predicted octanol–water partition coefficient (Wildman–Crippen LogP) is 5.97. The second-order valence-corrected chi connectivity index (χ2v) is 8.78. The maximum atomic E-state index is 13.9. The molecule has 2 aliphatic carbocycles. The molecule has 1 saturated heterocycles. The quantitative estimate of drug-likeness (QED) is 0.471. The molecule has 148 valence electrons. The van der Waals surface area contributed by atoms with Gasteiger partial charge < -0.3 is 4.90 Å². The maximum Gasteiger partial charge on any atom is 0.255 e. The highest BCUT2D eigenvalue weighted by molar-refractivity contribution is 6.29. The standard InChI is InChI=1S/C27H29NO/c1-19-22-14-15-23(18-22)24(19)25(20-10-4-2-5-11-20)26(21-12-6-3-7-13-21)27(29)28-16-8-9-17-28/h2-7,10-13,22-23H,8-9,14-18H2,1H3/b26-25-. The van der Waals surface area contributed by atoms with Crippen LogP contribution < -0.4 is 0 Å². The van der Waals surface area contributed by atoms with Crippen molar-refractivity contribution in [1.82, 2.24) is 4.90 Å². The molecule has 2 aromatic rings. The summed E-state index contributed by atoms with van der Waals surface area (Å²) in [7, 11) is 0. The second kappa shape index (κ2) is 7.67. The van der Waals surface area contributed by atoms with Crippen molar-refractivity contribution in [2.75, 3.05) is 13.1 Å². The SMILES string of the molecule is CC1=C(/C(=C(\C(=O)N2CCCC2)c2ccccc2)c2ccccc2)C2CCC1C2. The Hall–Kier alpha value is -2.61. The van der Waals surface area contributed by atoms with Crippen molar-refractivity contribution in [3.63, 3.8) is 0 Å². The molecule has 1 heterocycles. The number of rotatable bonds is 4. The van der Waals surface area contributed by atoms with Crippen molar-refractivity contribution < 1.29 is 4.79 Å². The van der Waals surface area contributed by atoms with Crippen molar-refractivity contribution >= 4 is 17.1 Å². The summed E-state index contributed by atoms with van der Waals surface area (Å²) in [6.07, 6.45) is 6.05. The van der Waals surface area contributed by atoms with Crippen LogP contribution >= 0.6 is 0 Å². The summed E-state index contributed by atoms with van der Waals surface area (Å²) < 4.78 is 0. The summed E-state index contributed by atoms with van der Waals surface area (Å²) in [6.45, 7) is 4.06. The summed E-state index contributed by atoms with van der Waals surface area (Å²) in [6, 6.07) is 21.0. The lowest BCUT2D eigenvalue weighted by Crippen LogP contribution is -2.29. The van der Waals surface area contributed by atoms with Gasteiger partial charge in [-0.05, 0) is 73.1 Å². The van der Waals surface area contributed by atoms with Crippen LogP contribution in [0.1, 0.15) is 50.2 Å². The lowest BCUT2D eigenvalue weighted by molar-refractivity contribution is -0.123. The van der Waals surface area contributed by atoms with E-state index in [-0.39, 0.29) is 5.91 Å². The summed E-state index contributed by atoms with van der Waals surface area (Å²) in [5.74, 6) is 1.50. The first kappa shape index (κ1) is 18.4. The fourth-order valence-corrected chi connectivity index (χ4v) is 5.68. The zero-order valence-electron chi connectivity index (χ0n) is 17.2. The van der Waals surface area contributed by atoms with E-state index >= 15 is 0 Å². The molecule has 2 aromatic carbocycles. The van der Waals surface area contributed by atoms with Gasteiger partial charge >= 0.3 is 0 Å². The first-order valence-corrected chi connectivity index (χ1v) is 11.1. The highest BCUT2D eigenvalue weighted by Crippen LogP contribution is 2.54. The van der Waals surface area contributed by atoms with E-state index in [2.05, 4.69) is 66.4 Å². The fourth-order valence-electron chi connectivity index (χ4n) is 5.68. The molecule has 0 N–H and O–H groups in total. The van der Waals surface area contributed by atoms with Crippen LogP contribution in [0.4, 0.5) is 0 Å². The van der Waals surface area contributed by atoms with Crippen LogP contribution in [0.5, 0.6) is 0 Å². The molecule has 2 atom stereocenters. The molecular formula is C27H29NO. The second-order valence-electron chi connectivity index (χ2n) is 8.78. The minimum atomic E-state index is 0.204. The van der Waals surface area contributed by atoms with E-state index in [0.717, 1.165) is 37.1 Å². The number of likely N-dealkylation sites (tertiary alicyclic amines) is 1. The minimum Gasteiger partial charge on any atom is -0.339 e. The van der Waals surface area contributed by atoms with Crippen molar-refractivity contribution in [2.24, 2.45) is 11.8 Å². The smallest absolute Gasteiger partial charge is 0.255 e. The Labute approximate surface area is 173 Å². The van der Waals surface area contributed by atoms with Gasteiger partial charge in [-0.25, -0.2) is 0 Å². The number of carbonyl (C=O) groups is 1. The number of amides is 1. The highest BCUT2D eigenvalue weighted by Gasteiger charge is 2.40. The van der Waals surface area contributed by atoms with Crippen LogP contribution in [0.25, 0.3) is 11.1 Å². The Morgan fingerprint density at radius 3 is 2.00 bits per heavy atom. The van der Waals surface area contributed by atoms with Crippen LogP contribution in [0, 0.1) is 11.8 Å². The van der Waals surface area contributed by atoms with E-state index in [1.165, 1.54) is 41.5 Å². The first-order valence-electron chi connectivity index (χ1n) is 11.1. The number of fused-ring (bicyclic) bond motifs is 2. The number of allylic oxidation sites excluding steroid dienone is 3. The summed E-state index contributed by atoms with van der Waals surface area (Å²) in [4.78, 5) is 15.9. The van der Waals surface area contributed by atoms with E-state index < -0.39 is 0 Å². The molecular weight excluding hydrogens is 354 g/mol. The fraction of sp³-hybridized carbons (Fsp3) is 0.370. The molecule has 2 bridgehead atoms. The number of nitrogens with zero attached hydrogens (tertiary/aromatic N) is 1. The van der Waals surface area contributed by atoms with Crippen molar-refractivity contribution in [2.45, 2.75) is 39.0 Å².